The maximum Gasteiger partial charge on any atom is 0.409 e. The predicted octanol–water partition coefficient (Wildman–Crippen LogP) is 5.12. The van der Waals surface area contributed by atoms with Crippen LogP contribution in [0.5, 0.6) is 0 Å². The smallest absolute Gasteiger partial charge is 0.409 e. The van der Waals surface area contributed by atoms with Gasteiger partial charge >= 0.3 is 6.09 Å². The summed E-state index contributed by atoms with van der Waals surface area (Å²) in [5, 5.41) is 6.24. The molecule has 2 amide bonds. The molecule has 0 bridgehead atoms. The van der Waals surface area contributed by atoms with Crippen LogP contribution < -0.4 is 15.5 Å². The number of hydrogen-bond donors (Lipinski definition) is 2. The lowest BCUT2D eigenvalue weighted by Gasteiger charge is -2.35. The normalized spacial score (nSPS) is 13.1. The van der Waals surface area contributed by atoms with Crippen molar-refractivity contribution >= 4 is 35.0 Å². The summed E-state index contributed by atoms with van der Waals surface area (Å²) < 4.78 is 5.09. The lowest BCUT2D eigenvalue weighted by atomic mass is 10.1. The molecule has 5 rings (SSSR count). The van der Waals surface area contributed by atoms with E-state index in [1.54, 1.807) is 30.4 Å². The van der Waals surface area contributed by atoms with E-state index in [2.05, 4.69) is 30.5 Å². The molecule has 2 aromatic carbocycles. The van der Waals surface area contributed by atoms with Crippen molar-refractivity contribution in [3.63, 3.8) is 0 Å². The third-order valence-electron chi connectivity index (χ3n) is 6.66. The molecule has 3 heterocycles. The van der Waals surface area contributed by atoms with Gasteiger partial charge in [0, 0.05) is 73.0 Å². The molecule has 2 aromatic heterocycles. The molecule has 1 aliphatic rings. The van der Waals surface area contributed by atoms with Gasteiger partial charge in [0.2, 0.25) is 5.95 Å². The number of nitrogens with zero attached hydrogens (tertiary/aromatic N) is 5. The molecule has 40 heavy (non-hydrogen) atoms. The third kappa shape index (κ3) is 6.35. The first-order valence-corrected chi connectivity index (χ1v) is 13.2. The zero-order valence-corrected chi connectivity index (χ0v) is 22.5. The van der Waals surface area contributed by atoms with Gasteiger partial charge in [-0.1, -0.05) is 6.07 Å². The number of pyridine rings is 1. The lowest BCUT2D eigenvalue weighted by molar-refractivity contribution is 0.102. The zero-order chi connectivity index (χ0) is 27.9. The summed E-state index contributed by atoms with van der Waals surface area (Å²) in [6.45, 7) is 6.77. The van der Waals surface area contributed by atoms with Crippen molar-refractivity contribution in [2.45, 2.75) is 13.8 Å². The largest absolute Gasteiger partial charge is 0.450 e. The van der Waals surface area contributed by atoms with Gasteiger partial charge in [0.15, 0.2) is 0 Å². The van der Waals surface area contributed by atoms with E-state index >= 15 is 0 Å². The van der Waals surface area contributed by atoms with Crippen LogP contribution in [0, 0.1) is 6.92 Å². The first-order chi connectivity index (χ1) is 19.5. The Morgan fingerprint density at radius 1 is 0.975 bits per heavy atom. The zero-order valence-electron chi connectivity index (χ0n) is 22.5. The maximum atomic E-state index is 13.0. The molecular weight excluding hydrogens is 506 g/mol. The number of ether oxygens (including phenoxy) is 1. The second kappa shape index (κ2) is 12.2. The van der Waals surface area contributed by atoms with Gasteiger partial charge in [0.25, 0.3) is 5.91 Å². The van der Waals surface area contributed by atoms with Gasteiger partial charge in [0.05, 0.1) is 12.3 Å². The summed E-state index contributed by atoms with van der Waals surface area (Å²) in [6.07, 6.45) is 4.90. The molecule has 10 nitrogen and oxygen atoms in total. The average Bonchev–Trinajstić information content (AvgIpc) is 3.00. The summed E-state index contributed by atoms with van der Waals surface area (Å²) in [5.74, 6) is 0.245. The van der Waals surface area contributed by atoms with E-state index in [4.69, 9.17) is 4.74 Å². The van der Waals surface area contributed by atoms with Crippen LogP contribution in [-0.2, 0) is 4.74 Å². The highest BCUT2D eigenvalue weighted by molar-refractivity contribution is 6.04. The Kier molecular flexibility index (Phi) is 8.15. The quantitative estimate of drug-likeness (QED) is 0.334. The monoisotopic (exact) mass is 537 g/mol. The molecule has 0 atom stereocenters. The summed E-state index contributed by atoms with van der Waals surface area (Å²) in [7, 11) is 0. The lowest BCUT2D eigenvalue weighted by Crippen LogP contribution is -2.49. The SMILES string of the molecule is CCOC(=O)N1CCN(c2ccc(C(=O)Nc3ccc(C)c(Nc4nccc(-c5cccnc5)n4)c3)cc2)CC1. The molecule has 1 aliphatic heterocycles. The van der Waals surface area contributed by atoms with E-state index in [1.165, 1.54) is 0 Å². The summed E-state index contributed by atoms with van der Waals surface area (Å²) in [6, 6.07) is 18.8. The fourth-order valence-corrected chi connectivity index (χ4v) is 4.44. The van der Waals surface area contributed by atoms with Gasteiger partial charge in [-0.2, -0.15) is 0 Å². The first-order valence-electron chi connectivity index (χ1n) is 13.2. The topological polar surface area (TPSA) is 113 Å². The second-order valence-corrected chi connectivity index (χ2v) is 9.34. The highest BCUT2D eigenvalue weighted by atomic mass is 16.6. The van der Waals surface area contributed by atoms with Crippen molar-refractivity contribution in [1.82, 2.24) is 19.9 Å². The van der Waals surface area contributed by atoms with E-state index in [0.29, 0.717) is 50.0 Å². The Bertz CT molecular complexity index is 1470. The number of carbonyl (C=O) groups excluding carboxylic acids is 2. The minimum Gasteiger partial charge on any atom is -0.450 e. The first kappa shape index (κ1) is 26.6. The fourth-order valence-electron chi connectivity index (χ4n) is 4.44. The molecule has 204 valence electrons. The molecule has 0 spiro atoms. The summed E-state index contributed by atoms with van der Waals surface area (Å²) >= 11 is 0. The van der Waals surface area contributed by atoms with Crippen molar-refractivity contribution in [2.75, 3.05) is 48.3 Å². The molecule has 10 heteroatoms. The van der Waals surface area contributed by atoms with Crippen LogP contribution in [0.3, 0.4) is 0 Å². The molecule has 0 saturated carbocycles. The molecular formula is C30H31N7O3. The van der Waals surface area contributed by atoms with Crippen LogP contribution in [0.2, 0.25) is 0 Å². The minimum atomic E-state index is -0.269. The number of benzene rings is 2. The number of piperazine rings is 1. The highest BCUT2D eigenvalue weighted by Crippen LogP contribution is 2.25. The number of anilines is 4. The molecule has 4 aromatic rings. The summed E-state index contributed by atoms with van der Waals surface area (Å²) in [5.41, 5.74) is 5.65. The van der Waals surface area contributed by atoms with Crippen molar-refractivity contribution in [2.24, 2.45) is 0 Å². The number of hydrogen-bond acceptors (Lipinski definition) is 8. The minimum absolute atomic E-state index is 0.205. The van der Waals surface area contributed by atoms with Gasteiger partial charge in [-0.3, -0.25) is 9.78 Å². The molecule has 0 unspecified atom stereocenters. The maximum absolute atomic E-state index is 13.0. The molecule has 1 saturated heterocycles. The standard InChI is InChI=1S/C30H31N7O3/c1-3-40-30(39)37-17-15-36(16-18-37)25-10-7-22(8-11-25)28(38)33-24-9-6-21(2)27(19-24)35-29-32-14-12-26(34-29)23-5-4-13-31-20-23/h4-14,19-20H,3,15-18H2,1-2H3,(H,33,38)(H,32,34,35). The van der Waals surface area contributed by atoms with E-state index in [0.717, 1.165) is 28.2 Å². The molecule has 0 radical (unpaired) electrons. The van der Waals surface area contributed by atoms with Crippen LogP contribution in [0.1, 0.15) is 22.8 Å². The highest BCUT2D eigenvalue weighted by Gasteiger charge is 2.22. The third-order valence-corrected chi connectivity index (χ3v) is 6.66. The number of nitrogens with one attached hydrogen (secondary N) is 2. The van der Waals surface area contributed by atoms with Gasteiger partial charge < -0.3 is 25.2 Å². The number of carbonyl (C=O) groups is 2. The average molecular weight is 538 g/mol. The second-order valence-electron chi connectivity index (χ2n) is 9.34. The fraction of sp³-hybridized carbons (Fsp3) is 0.233. The van der Waals surface area contributed by atoms with E-state index in [1.807, 2.05) is 67.6 Å². The van der Waals surface area contributed by atoms with Gasteiger partial charge in [-0.05, 0) is 74.0 Å². The van der Waals surface area contributed by atoms with E-state index in [9.17, 15) is 9.59 Å². The van der Waals surface area contributed by atoms with Crippen LogP contribution in [0.25, 0.3) is 11.3 Å². The van der Waals surface area contributed by atoms with Gasteiger partial charge in [-0.25, -0.2) is 14.8 Å². The van der Waals surface area contributed by atoms with Crippen LogP contribution in [0.15, 0.2) is 79.3 Å². The van der Waals surface area contributed by atoms with Crippen LogP contribution >= 0.6 is 0 Å². The number of rotatable bonds is 7. The van der Waals surface area contributed by atoms with Crippen molar-refractivity contribution in [3.05, 3.63) is 90.4 Å². The molecule has 0 aliphatic carbocycles. The van der Waals surface area contributed by atoms with E-state index in [-0.39, 0.29) is 12.0 Å². The summed E-state index contributed by atoms with van der Waals surface area (Å²) in [4.78, 5) is 42.0. The predicted molar refractivity (Wildman–Crippen MR) is 155 cm³/mol. The van der Waals surface area contributed by atoms with Crippen molar-refractivity contribution < 1.29 is 14.3 Å². The Labute approximate surface area is 233 Å². The van der Waals surface area contributed by atoms with Crippen LogP contribution in [-0.4, -0.2) is 64.6 Å². The Hall–Kier alpha value is -4.99. The van der Waals surface area contributed by atoms with Crippen molar-refractivity contribution in [3.8, 4) is 11.3 Å². The Morgan fingerprint density at radius 3 is 2.50 bits per heavy atom. The van der Waals surface area contributed by atoms with Gasteiger partial charge in [-0.15, -0.1) is 0 Å². The molecule has 2 N–H and O–H groups in total. The number of amides is 2. The number of aromatic nitrogens is 3. The van der Waals surface area contributed by atoms with Crippen LogP contribution in [0.4, 0.5) is 27.8 Å². The Morgan fingerprint density at radius 2 is 1.77 bits per heavy atom. The van der Waals surface area contributed by atoms with E-state index < -0.39 is 0 Å². The molecule has 1 fully saturated rings. The Balaban J connectivity index is 1.21. The van der Waals surface area contributed by atoms with Gasteiger partial charge in [0.1, 0.15) is 0 Å². The van der Waals surface area contributed by atoms with Crippen molar-refractivity contribution in [1.29, 1.82) is 0 Å². The number of aryl methyl sites for hydroxylation is 1.